The van der Waals surface area contributed by atoms with Gasteiger partial charge in [0.25, 0.3) is 0 Å². The molecule has 0 saturated carbocycles. The summed E-state index contributed by atoms with van der Waals surface area (Å²) in [6.45, 7) is 9.92. The summed E-state index contributed by atoms with van der Waals surface area (Å²) in [6, 6.07) is 0.908. The zero-order valence-electron chi connectivity index (χ0n) is 11.4. The minimum absolute atomic E-state index is 0.0383. The maximum absolute atomic E-state index is 11.2. The first kappa shape index (κ1) is 16.3. The minimum atomic E-state index is -2.01. The van der Waals surface area contributed by atoms with E-state index in [2.05, 4.69) is 11.9 Å². The molecule has 0 aromatic carbocycles. The Morgan fingerprint density at radius 2 is 1.88 bits per heavy atom. The van der Waals surface area contributed by atoms with Gasteiger partial charge in [0.05, 0.1) is 0 Å². The monoisotopic (exact) mass is 259 g/mol. The van der Waals surface area contributed by atoms with E-state index >= 15 is 0 Å². The average molecular weight is 259 g/mol. The summed E-state index contributed by atoms with van der Waals surface area (Å²) in [6.07, 6.45) is 4.16. The third-order valence-corrected chi connectivity index (χ3v) is 5.38. The fraction of sp³-hybridized carbons (Fsp3) is 0.750. The molecule has 0 bridgehead atoms. The fourth-order valence-electron chi connectivity index (χ4n) is 1.63. The van der Waals surface area contributed by atoms with E-state index in [4.69, 9.17) is 8.85 Å². The highest BCUT2D eigenvalue weighted by molar-refractivity contribution is 6.66. The van der Waals surface area contributed by atoms with Gasteiger partial charge in [-0.3, -0.25) is 4.79 Å². The van der Waals surface area contributed by atoms with Gasteiger partial charge in [-0.15, -0.1) is 0 Å². The molecule has 0 spiro atoms. The maximum atomic E-state index is 11.2. The van der Waals surface area contributed by atoms with E-state index in [1.165, 1.54) is 6.08 Å². The van der Waals surface area contributed by atoms with Crippen molar-refractivity contribution in [3.8, 4) is 0 Å². The number of carbonyl (C=O) groups excluding carboxylic acids is 1. The lowest BCUT2D eigenvalue weighted by atomic mass is 10.4. The van der Waals surface area contributed by atoms with Crippen LogP contribution in [0.4, 0.5) is 0 Å². The van der Waals surface area contributed by atoms with Gasteiger partial charge >= 0.3 is 8.56 Å². The van der Waals surface area contributed by atoms with E-state index in [9.17, 15) is 4.79 Å². The molecule has 0 atom stereocenters. The van der Waals surface area contributed by atoms with Crippen molar-refractivity contribution in [2.45, 2.75) is 39.8 Å². The van der Waals surface area contributed by atoms with Crippen molar-refractivity contribution in [1.29, 1.82) is 0 Å². The van der Waals surface area contributed by atoms with Gasteiger partial charge in [0.2, 0.25) is 5.91 Å². The number of hydrogen-bond donors (Lipinski definition) is 1. The number of amides is 1. The second-order valence-corrected chi connectivity index (χ2v) is 7.24. The van der Waals surface area contributed by atoms with Gasteiger partial charge in [-0.25, -0.2) is 0 Å². The first-order valence-corrected chi connectivity index (χ1v) is 8.78. The van der Waals surface area contributed by atoms with E-state index in [0.29, 0.717) is 19.8 Å². The van der Waals surface area contributed by atoms with Crippen LogP contribution in [0.2, 0.25) is 12.6 Å². The molecule has 4 nitrogen and oxygen atoms in total. The van der Waals surface area contributed by atoms with E-state index in [1.807, 2.05) is 20.8 Å². The van der Waals surface area contributed by atoms with Gasteiger partial charge in [-0.1, -0.05) is 6.08 Å². The lowest BCUT2D eigenvalue weighted by Crippen LogP contribution is -2.39. The number of allylic oxidation sites excluding steroid dienone is 1. The van der Waals surface area contributed by atoms with E-state index in [-0.39, 0.29) is 5.91 Å². The molecule has 0 fully saturated rings. The molecule has 5 heteroatoms. The van der Waals surface area contributed by atoms with Gasteiger partial charge in [-0.05, 0) is 45.9 Å². The number of nitrogens with one attached hydrogen (secondary N) is 1. The summed E-state index contributed by atoms with van der Waals surface area (Å²) < 4.78 is 11.4. The topological polar surface area (TPSA) is 47.6 Å². The Bertz CT molecular complexity index is 238. The van der Waals surface area contributed by atoms with Crippen LogP contribution in [0, 0.1) is 0 Å². The Kier molecular flexibility index (Phi) is 9.02. The molecule has 0 aromatic rings. The molecular weight excluding hydrogens is 234 g/mol. The van der Waals surface area contributed by atoms with Crippen molar-refractivity contribution in [3.63, 3.8) is 0 Å². The van der Waals surface area contributed by atoms with Crippen molar-refractivity contribution in [3.05, 3.63) is 12.2 Å². The zero-order chi connectivity index (χ0) is 13.1. The summed E-state index contributed by atoms with van der Waals surface area (Å²) in [5, 5.41) is 2.83. The summed E-state index contributed by atoms with van der Waals surface area (Å²) in [7, 11) is -2.01. The molecule has 0 aliphatic heterocycles. The molecule has 0 saturated heterocycles. The number of rotatable bonds is 9. The van der Waals surface area contributed by atoms with Crippen LogP contribution in [-0.2, 0) is 13.6 Å². The van der Waals surface area contributed by atoms with Crippen molar-refractivity contribution >= 4 is 14.5 Å². The SMILES string of the molecule is CC=CC(=O)NCCC[Si](C)(OCC)OCC. The fourth-order valence-corrected chi connectivity index (χ4v) is 4.04. The molecule has 0 radical (unpaired) electrons. The standard InChI is InChI=1S/C12H25NO3Si/c1-5-9-12(14)13-10-8-11-17(4,15-6-2)16-7-3/h5,9H,6-8,10-11H2,1-4H3,(H,13,14). The summed E-state index contributed by atoms with van der Waals surface area (Å²) in [5.41, 5.74) is 0. The van der Waals surface area contributed by atoms with Gasteiger partial charge in [0.15, 0.2) is 0 Å². The predicted octanol–water partition coefficient (Wildman–Crippen LogP) is 2.21. The van der Waals surface area contributed by atoms with Gasteiger partial charge in [0, 0.05) is 19.8 Å². The van der Waals surface area contributed by atoms with Gasteiger partial charge in [-0.2, -0.15) is 0 Å². The highest BCUT2D eigenvalue weighted by atomic mass is 28.4. The Morgan fingerprint density at radius 1 is 1.29 bits per heavy atom. The highest BCUT2D eigenvalue weighted by Gasteiger charge is 2.29. The second kappa shape index (κ2) is 9.38. The van der Waals surface area contributed by atoms with E-state index in [0.717, 1.165) is 12.5 Å². The Labute approximate surface area is 106 Å². The molecule has 0 aliphatic carbocycles. The van der Waals surface area contributed by atoms with E-state index < -0.39 is 8.56 Å². The van der Waals surface area contributed by atoms with Crippen LogP contribution in [0.3, 0.4) is 0 Å². The third-order valence-electron chi connectivity index (χ3n) is 2.32. The molecule has 1 N–H and O–H groups in total. The summed E-state index contributed by atoms with van der Waals surface area (Å²) in [5.74, 6) is -0.0383. The quantitative estimate of drug-likeness (QED) is 0.392. The van der Waals surface area contributed by atoms with Crippen LogP contribution in [0.5, 0.6) is 0 Å². The van der Waals surface area contributed by atoms with Gasteiger partial charge < -0.3 is 14.2 Å². The second-order valence-electron chi connectivity index (χ2n) is 3.89. The lowest BCUT2D eigenvalue weighted by Gasteiger charge is -2.25. The molecule has 100 valence electrons. The first-order chi connectivity index (χ1) is 8.08. The van der Waals surface area contributed by atoms with Crippen LogP contribution < -0.4 is 5.32 Å². The molecular formula is C12H25NO3Si. The van der Waals surface area contributed by atoms with Crippen LogP contribution >= 0.6 is 0 Å². The molecule has 1 amide bonds. The summed E-state index contributed by atoms with van der Waals surface area (Å²) in [4.78, 5) is 11.2. The van der Waals surface area contributed by atoms with Crippen LogP contribution in [0.1, 0.15) is 27.2 Å². The molecule has 0 aliphatic rings. The van der Waals surface area contributed by atoms with Crippen LogP contribution in [-0.4, -0.2) is 34.2 Å². The average Bonchev–Trinajstić information content (AvgIpc) is 2.26. The third kappa shape index (κ3) is 8.12. The predicted molar refractivity (Wildman–Crippen MR) is 72.1 cm³/mol. The number of hydrogen-bond acceptors (Lipinski definition) is 3. The molecule has 0 unspecified atom stereocenters. The highest BCUT2D eigenvalue weighted by Crippen LogP contribution is 2.15. The molecule has 0 heterocycles. The van der Waals surface area contributed by atoms with E-state index in [1.54, 1.807) is 6.08 Å². The Balaban J connectivity index is 3.86. The van der Waals surface area contributed by atoms with Crippen molar-refractivity contribution in [1.82, 2.24) is 5.32 Å². The number of carbonyl (C=O) groups is 1. The molecule has 17 heavy (non-hydrogen) atoms. The van der Waals surface area contributed by atoms with Crippen molar-refractivity contribution in [2.75, 3.05) is 19.8 Å². The zero-order valence-corrected chi connectivity index (χ0v) is 12.4. The van der Waals surface area contributed by atoms with Gasteiger partial charge in [0.1, 0.15) is 0 Å². The molecule has 0 rings (SSSR count). The minimum Gasteiger partial charge on any atom is -0.395 e. The summed E-state index contributed by atoms with van der Waals surface area (Å²) >= 11 is 0. The van der Waals surface area contributed by atoms with Crippen molar-refractivity contribution < 1.29 is 13.6 Å². The van der Waals surface area contributed by atoms with Crippen LogP contribution in [0.25, 0.3) is 0 Å². The van der Waals surface area contributed by atoms with Crippen LogP contribution in [0.15, 0.2) is 12.2 Å². The van der Waals surface area contributed by atoms with Crippen molar-refractivity contribution in [2.24, 2.45) is 0 Å². The molecule has 0 aromatic heterocycles. The maximum Gasteiger partial charge on any atom is 0.334 e. The first-order valence-electron chi connectivity index (χ1n) is 6.26. The Hall–Kier alpha value is -0.653. The Morgan fingerprint density at radius 3 is 2.35 bits per heavy atom. The normalized spacial score (nSPS) is 12.0. The lowest BCUT2D eigenvalue weighted by molar-refractivity contribution is -0.116. The smallest absolute Gasteiger partial charge is 0.334 e. The largest absolute Gasteiger partial charge is 0.395 e.